The molecule has 0 bridgehead atoms. The lowest BCUT2D eigenvalue weighted by Crippen LogP contribution is -2.68. The predicted molar refractivity (Wildman–Crippen MR) is 128 cm³/mol. The number of carbonyl (C=O) groups excluding carboxylic acids is 2. The molecule has 0 unspecified atom stereocenters. The maximum Gasteiger partial charge on any atom is 0.255 e. The average Bonchev–Trinajstić information content (AvgIpc) is 3.51. The van der Waals surface area contributed by atoms with E-state index >= 15 is 0 Å². The van der Waals surface area contributed by atoms with Crippen molar-refractivity contribution in [2.75, 3.05) is 33.4 Å². The highest BCUT2D eigenvalue weighted by Crippen LogP contribution is 2.48. The smallest absolute Gasteiger partial charge is 0.255 e. The Morgan fingerprint density at radius 3 is 2.68 bits per heavy atom. The van der Waals surface area contributed by atoms with Gasteiger partial charge in [0.1, 0.15) is 5.75 Å². The van der Waals surface area contributed by atoms with Crippen LogP contribution in [0.4, 0.5) is 0 Å². The van der Waals surface area contributed by atoms with Gasteiger partial charge in [-0.3, -0.25) is 9.59 Å². The maximum absolute atomic E-state index is 14.0. The van der Waals surface area contributed by atoms with Crippen molar-refractivity contribution in [3.8, 4) is 5.75 Å². The van der Waals surface area contributed by atoms with Crippen molar-refractivity contribution < 1.29 is 19.1 Å². The number of amides is 2. The van der Waals surface area contributed by atoms with Crippen LogP contribution in [0.3, 0.4) is 0 Å². The molecule has 1 N–H and O–H groups in total. The van der Waals surface area contributed by atoms with Crippen molar-refractivity contribution in [1.82, 2.24) is 14.8 Å². The molecule has 2 aromatic carbocycles. The van der Waals surface area contributed by atoms with Crippen LogP contribution in [0.15, 0.2) is 48.5 Å². The minimum atomic E-state index is -1.08. The number of nitrogens with zero attached hydrogens (tertiary/aromatic N) is 2. The molecule has 1 aromatic heterocycles. The van der Waals surface area contributed by atoms with Crippen LogP contribution in [-0.4, -0.2) is 66.1 Å². The number of H-pyrrole nitrogens is 1. The standard InChI is InChI=1S/C27H29N3O4/c1-27-25-24(20-7-3-4-8-22(20)28-25)21(17-9-11-18(33-2)12-10-17)15-30(27)23(31)16-29(26(27)32)14-19-6-5-13-34-19/h3-4,7-12,19,21,28H,5-6,13-16H2,1-2H3/t19-,21+,27+/m1/s1. The Labute approximate surface area is 198 Å². The predicted octanol–water partition coefficient (Wildman–Crippen LogP) is 3.39. The first-order valence-electron chi connectivity index (χ1n) is 12.0. The van der Waals surface area contributed by atoms with Gasteiger partial charge >= 0.3 is 0 Å². The number of piperazine rings is 1. The average molecular weight is 460 g/mol. The zero-order valence-corrected chi connectivity index (χ0v) is 19.5. The van der Waals surface area contributed by atoms with Crippen molar-refractivity contribution in [1.29, 1.82) is 0 Å². The molecule has 0 aliphatic carbocycles. The van der Waals surface area contributed by atoms with Gasteiger partial charge in [0.15, 0.2) is 5.54 Å². The van der Waals surface area contributed by atoms with E-state index in [0.29, 0.717) is 13.1 Å². The molecule has 2 saturated heterocycles. The van der Waals surface area contributed by atoms with Gasteiger partial charge in [-0.2, -0.15) is 0 Å². The second-order valence-electron chi connectivity index (χ2n) is 9.68. The summed E-state index contributed by atoms with van der Waals surface area (Å²) in [6, 6.07) is 16.1. The Morgan fingerprint density at radius 2 is 1.94 bits per heavy atom. The fourth-order valence-corrected chi connectivity index (χ4v) is 5.99. The first kappa shape index (κ1) is 21.2. The molecule has 2 amide bonds. The minimum absolute atomic E-state index is 0.00437. The molecule has 6 rings (SSSR count). The number of carbonyl (C=O) groups is 2. The van der Waals surface area contributed by atoms with Crippen molar-refractivity contribution in [2.24, 2.45) is 0 Å². The number of ether oxygens (including phenoxy) is 2. The number of aromatic nitrogens is 1. The molecule has 0 spiro atoms. The van der Waals surface area contributed by atoms with Crippen LogP contribution in [0.5, 0.6) is 5.75 Å². The van der Waals surface area contributed by atoms with Gasteiger partial charge in [0, 0.05) is 36.5 Å². The van der Waals surface area contributed by atoms with E-state index in [0.717, 1.165) is 52.9 Å². The van der Waals surface area contributed by atoms with Gasteiger partial charge in [-0.05, 0) is 49.1 Å². The first-order chi connectivity index (χ1) is 16.5. The van der Waals surface area contributed by atoms with Gasteiger partial charge in [-0.15, -0.1) is 0 Å². The highest BCUT2D eigenvalue weighted by molar-refractivity contribution is 6.01. The van der Waals surface area contributed by atoms with E-state index in [1.807, 2.05) is 37.3 Å². The molecule has 3 aromatic rings. The van der Waals surface area contributed by atoms with Crippen molar-refractivity contribution in [3.63, 3.8) is 0 Å². The minimum Gasteiger partial charge on any atom is -0.497 e. The number of aromatic amines is 1. The Kier molecular flexibility index (Phi) is 4.92. The summed E-state index contributed by atoms with van der Waals surface area (Å²) in [6.07, 6.45) is 1.93. The summed E-state index contributed by atoms with van der Waals surface area (Å²) in [6.45, 7) is 3.63. The zero-order valence-electron chi connectivity index (χ0n) is 19.5. The summed E-state index contributed by atoms with van der Waals surface area (Å²) in [5.41, 5.74) is 2.91. The third-order valence-electron chi connectivity index (χ3n) is 7.78. The number of para-hydroxylation sites is 1. The lowest BCUT2D eigenvalue weighted by Gasteiger charge is -2.51. The van der Waals surface area contributed by atoms with E-state index in [2.05, 4.69) is 23.2 Å². The van der Waals surface area contributed by atoms with Crippen LogP contribution in [0.1, 0.15) is 42.5 Å². The monoisotopic (exact) mass is 459 g/mol. The summed E-state index contributed by atoms with van der Waals surface area (Å²) < 4.78 is 11.1. The molecule has 2 fully saturated rings. The lowest BCUT2D eigenvalue weighted by molar-refractivity contribution is -0.167. The lowest BCUT2D eigenvalue weighted by atomic mass is 9.76. The fourth-order valence-electron chi connectivity index (χ4n) is 5.99. The summed E-state index contributed by atoms with van der Waals surface area (Å²) in [7, 11) is 1.65. The molecule has 3 aliphatic rings. The first-order valence-corrected chi connectivity index (χ1v) is 12.0. The second kappa shape index (κ2) is 7.87. The van der Waals surface area contributed by atoms with E-state index in [1.165, 1.54) is 0 Å². The number of methoxy groups -OCH3 is 1. The highest BCUT2D eigenvalue weighted by Gasteiger charge is 2.56. The number of hydrogen-bond donors (Lipinski definition) is 1. The second-order valence-corrected chi connectivity index (χ2v) is 9.68. The van der Waals surface area contributed by atoms with Gasteiger partial charge in [-0.1, -0.05) is 30.3 Å². The largest absolute Gasteiger partial charge is 0.497 e. The topological polar surface area (TPSA) is 74.9 Å². The normalized spacial score (nSPS) is 26.6. The molecule has 7 heteroatoms. The Balaban J connectivity index is 1.49. The molecule has 3 atom stereocenters. The molecule has 0 radical (unpaired) electrons. The molecule has 34 heavy (non-hydrogen) atoms. The Bertz CT molecular complexity index is 1260. The third kappa shape index (κ3) is 3.06. The van der Waals surface area contributed by atoms with Crippen LogP contribution in [0.2, 0.25) is 0 Å². The van der Waals surface area contributed by atoms with Crippen molar-refractivity contribution >= 4 is 22.7 Å². The molecular formula is C27H29N3O4. The van der Waals surface area contributed by atoms with Gasteiger partial charge in [0.2, 0.25) is 5.91 Å². The molecule has 0 saturated carbocycles. The van der Waals surface area contributed by atoms with Gasteiger partial charge in [0.05, 0.1) is 25.5 Å². The number of rotatable bonds is 4. The molecule has 3 aliphatic heterocycles. The van der Waals surface area contributed by atoms with E-state index in [9.17, 15) is 9.59 Å². The van der Waals surface area contributed by atoms with Crippen LogP contribution < -0.4 is 4.74 Å². The van der Waals surface area contributed by atoms with Gasteiger partial charge in [0.25, 0.3) is 5.91 Å². The fraction of sp³-hybridized carbons (Fsp3) is 0.407. The van der Waals surface area contributed by atoms with E-state index in [1.54, 1.807) is 16.9 Å². The Hall–Kier alpha value is -3.32. The van der Waals surface area contributed by atoms with Gasteiger partial charge in [-0.25, -0.2) is 0 Å². The Morgan fingerprint density at radius 1 is 1.15 bits per heavy atom. The molecule has 176 valence electrons. The van der Waals surface area contributed by atoms with E-state index in [4.69, 9.17) is 9.47 Å². The summed E-state index contributed by atoms with van der Waals surface area (Å²) >= 11 is 0. The number of benzene rings is 2. The third-order valence-corrected chi connectivity index (χ3v) is 7.78. The number of nitrogens with one attached hydrogen (secondary N) is 1. The van der Waals surface area contributed by atoms with Crippen LogP contribution >= 0.6 is 0 Å². The van der Waals surface area contributed by atoms with E-state index < -0.39 is 5.54 Å². The van der Waals surface area contributed by atoms with Gasteiger partial charge < -0.3 is 24.3 Å². The van der Waals surface area contributed by atoms with Crippen LogP contribution in [0.25, 0.3) is 10.9 Å². The molecular weight excluding hydrogens is 430 g/mol. The molecule has 7 nitrogen and oxygen atoms in total. The number of hydrogen-bond acceptors (Lipinski definition) is 4. The molecule has 4 heterocycles. The number of fused-ring (bicyclic) bond motifs is 5. The summed E-state index contributed by atoms with van der Waals surface area (Å²) in [5, 5.41) is 1.09. The van der Waals surface area contributed by atoms with Crippen LogP contribution in [0, 0.1) is 0 Å². The zero-order chi connectivity index (χ0) is 23.4. The highest BCUT2D eigenvalue weighted by atomic mass is 16.5. The summed E-state index contributed by atoms with van der Waals surface area (Å²) in [4.78, 5) is 34.6. The van der Waals surface area contributed by atoms with Crippen molar-refractivity contribution in [2.45, 2.75) is 37.3 Å². The van der Waals surface area contributed by atoms with E-state index in [-0.39, 0.29) is 30.4 Å². The maximum atomic E-state index is 14.0. The quantitative estimate of drug-likeness (QED) is 0.649. The van der Waals surface area contributed by atoms with Crippen molar-refractivity contribution in [3.05, 3.63) is 65.4 Å². The SMILES string of the molecule is COc1ccc([C@@H]2CN3C(=O)CN(C[C@H]4CCCO4)C(=O)[C@]3(C)c3[nH]c4ccccc4c32)cc1. The summed E-state index contributed by atoms with van der Waals surface area (Å²) in [5.74, 6) is 0.677. The van der Waals surface area contributed by atoms with Crippen LogP contribution in [-0.2, 0) is 19.9 Å².